The van der Waals surface area contributed by atoms with Crippen molar-refractivity contribution in [3.8, 4) is 0 Å². The molecule has 1 aromatic carbocycles. The lowest BCUT2D eigenvalue weighted by molar-refractivity contribution is -0.135. The Morgan fingerprint density at radius 3 is 2.77 bits per heavy atom. The van der Waals surface area contributed by atoms with Crippen molar-refractivity contribution in [2.24, 2.45) is 5.92 Å². The summed E-state index contributed by atoms with van der Waals surface area (Å²) in [7, 11) is -1.93. The molecule has 2 heterocycles. The fraction of sp³-hybridized carbons (Fsp3) is 0.389. The fourth-order valence-electron chi connectivity index (χ4n) is 3.17. The zero-order chi connectivity index (χ0) is 18.7. The van der Waals surface area contributed by atoms with E-state index in [2.05, 4.69) is 0 Å². The predicted octanol–water partition coefficient (Wildman–Crippen LogP) is 2.95. The van der Waals surface area contributed by atoms with E-state index in [0.717, 1.165) is 0 Å². The summed E-state index contributed by atoms with van der Waals surface area (Å²) in [6, 6.07) is 9.63. The Kier molecular flexibility index (Phi) is 5.74. The number of halogens is 1. The number of thiophene rings is 1. The molecule has 0 unspecified atom stereocenters. The number of benzene rings is 1. The number of carbonyl (C=O) groups is 1. The Hall–Kier alpha value is -1.77. The van der Waals surface area contributed by atoms with E-state index in [1.54, 1.807) is 42.8 Å². The van der Waals surface area contributed by atoms with E-state index >= 15 is 0 Å². The first-order chi connectivity index (χ1) is 12.4. The van der Waals surface area contributed by atoms with E-state index in [0.29, 0.717) is 29.2 Å². The smallest absolute Gasteiger partial charge is 0.252 e. The fourth-order valence-corrected chi connectivity index (χ4v) is 5.84. The Morgan fingerprint density at radius 1 is 1.31 bits per heavy atom. The zero-order valence-corrected chi connectivity index (χ0v) is 16.1. The third kappa shape index (κ3) is 3.97. The average molecular weight is 397 g/mol. The van der Waals surface area contributed by atoms with Crippen molar-refractivity contribution >= 4 is 27.3 Å². The van der Waals surface area contributed by atoms with Crippen LogP contribution in [-0.2, 0) is 21.4 Å². The van der Waals surface area contributed by atoms with Gasteiger partial charge < -0.3 is 4.90 Å². The van der Waals surface area contributed by atoms with Crippen molar-refractivity contribution in [2.45, 2.75) is 23.6 Å². The first kappa shape index (κ1) is 19.0. The van der Waals surface area contributed by atoms with Gasteiger partial charge in [-0.2, -0.15) is 4.31 Å². The molecule has 26 heavy (non-hydrogen) atoms. The molecule has 8 heteroatoms. The lowest BCUT2D eigenvalue weighted by Crippen LogP contribution is -2.45. The van der Waals surface area contributed by atoms with Crippen molar-refractivity contribution in [2.75, 3.05) is 20.1 Å². The lowest BCUT2D eigenvalue weighted by Gasteiger charge is -2.33. The highest BCUT2D eigenvalue weighted by atomic mass is 32.2. The zero-order valence-electron chi connectivity index (χ0n) is 14.5. The molecule has 1 saturated heterocycles. The number of piperidine rings is 1. The van der Waals surface area contributed by atoms with Gasteiger partial charge in [-0.15, -0.1) is 11.3 Å². The van der Waals surface area contributed by atoms with Gasteiger partial charge in [0.15, 0.2) is 0 Å². The normalized spacial score (nSPS) is 18.6. The van der Waals surface area contributed by atoms with Crippen LogP contribution in [0.1, 0.15) is 18.4 Å². The molecule has 0 radical (unpaired) electrons. The molecular weight excluding hydrogens is 375 g/mol. The molecule has 0 bridgehead atoms. The van der Waals surface area contributed by atoms with Crippen molar-refractivity contribution in [1.29, 1.82) is 0 Å². The summed E-state index contributed by atoms with van der Waals surface area (Å²) >= 11 is 1.18. The van der Waals surface area contributed by atoms with Gasteiger partial charge in [-0.3, -0.25) is 4.79 Å². The van der Waals surface area contributed by atoms with E-state index in [1.165, 1.54) is 26.6 Å². The number of hydrogen-bond donors (Lipinski definition) is 0. The number of hydrogen-bond acceptors (Lipinski definition) is 4. The Bertz CT molecular complexity index is 868. The predicted molar refractivity (Wildman–Crippen MR) is 98.7 cm³/mol. The van der Waals surface area contributed by atoms with Crippen molar-refractivity contribution in [3.63, 3.8) is 0 Å². The molecular formula is C18H21FN2O3S2. The van der Waals surface area contributed by atoms with Gasteiger partial charge in [0.2, 0.25) is 5.91 Å². The molecule has 0 spiro atoms. The topological polar surface area (TPSA) is 57.7 Å². The van der Waals surface area contributed by atoms with Gasteiger partial charge >= 0.3 is 0 Å². The molecule has 3 rings (SSSR count). The van der Waals surface area contributed by atoms with Crippen LogP contribution in [0.5, 0.6) is 0 Å². The highest BCUT2D eigenvalue weighted by molar-refractivity contribution is 7.91. The van der Waals surface area contributed by atoms with Gasteiger partial charge in [-0.25, -0.2) is 12.8 Å². The van der Waals surface area contributed by atoms with Crippen LogP contribution in [-0.4, -0.2) is 43.7 Å². The quantitative estimate of drug-likeness (QED) is 0.781. The van der Waals surface area contributed by atoms with E-state index in [4.69, 9.17) is 0 Å². The molecule has 1 aliphatic heterocycles. The van der Waals surface area contributed by atoms with Gasteiger partial charge in [-0.05, 0) is 30.4 Å². The maximum atomic E-state index is 13.8. The van der Waals surface area contributed by atoms with Crippen LogP contribution in [0.4, 0.5) is 4.39 Å². The third-order valence-electron chi connectivity index (χ3n) is 4.56. The van der Waals surface area contributed by atoms with Crippen LogP contribution in [0.25, 0.3) is 0 Å². The molecule has 0 aliphatic carbocycles. The van der Waals surface area contributed by atoms with Crippen molar-refractivity contribution < 1.29 is 17.6 Å². The first-order valence-electron chi connectivity index (χ1n) is 8.41. The van der Waals surface area contributed by atoms with Crippen LogP contribution in [0, 0.1) is 11.7 Å². The molecule has 1 aromatic heterocycles. The summed E-state index contributed by atoms with van der Waals surface area (Å²) in [5.74, 6) is -0.910. The largest absolute Gasteiger partial charge is 0.341 e. The van der Waals surface area contributed by atoms with Gasteiger partial charge in [0.05, 0.1) is 5.92 Å². The monoisotopic (exact) mass is 396 g/mol. The average Bonchev–Trinajstić information content (AvgIpc) is 3.18. The van der Waals surface area contributed by atoms with Gasteiger partial charge in [0.25, 0.3) is 10.0 Å². The summed E-state index contributed by atoms with van der Waals surface area (Å²) in [6.07, 6.45) is 1.27. The molecule has 2 aromatic rings. The Balaban J connectivity index is 1.69. The van der Waals surface area contributed by atoms with Crippen molar-refractivity contribution in [1.82, 2.24) is 9.21 Å². The van der Waals surface area contributed by atoms with Crippen LogP contribution < -0.4 is 0 Å². The molecule has 1 aliphatic rings. The molecule has 0 saturated carbocycles. The second-order valence-corrected chi connectivity index (χ2v) is 9.53. The molecule has 5 nitrogen and oxygen atoms in total. The maximum Gasteiger partial charge on any atom is 0.252 e. The minimum atomic E-state index is -3.56. The summed E-state index contributed by atoms with van der Waals surface area (Å²) in [6.45, 7) is 0.751. The molecule has 0 N–H and O–H groups in total. The summed E-state index contributed by atoms with van der Waals surface area (Å²) in [4.78, 5) is 14.2. The van der Waals surface area contributed by atoms with Crippen LogP contribution in [0.15, 0.2) is 46.0 Å². The lowest BCUT2D eigenvalue weighted by atomic mass is 9.98. The van der Waals surface area contributed by atoms with E-state index in [1.807, 2.05) is 0 Å². The number of sulfonamides is 1. The van der Waals surface area contributed by atoms with Gasteiger partial charge in [0, 0.05) is 32.2 Å². The minimum absolute atomic E-state index is 0.153. The number of nitrogens with zero attached hydrogens (tertiary/aromatic N) is 2. The number of amides is 1. The SMILES string of the molecule is CN(Cc1ccccc1F)C(=O)[C@@H]1CCCN(S(=O)(=O)c2cccs2)C1. The molecule has 140 valence electrons. The standard InChI is InChI=1S/C18H21FN2O3S2/c1-20(12-14-6-2-3-8-16(14)19)18(22)15-7-4-10-21(13-15)26(23,24)17-9-5-11-25-17/h2-3,5-6,8-9,11,15H,4,7,10,12-13H2,1H3/t15-/m1/s1. The Morgan fingerprint density at radius 2 is 2.08 bits per heavy atom. The molecule has 1 atom stereocenters. The number of rotatable bonds is 5. The van der Waals surface area contributed by atoms with Crippen LogP contribution in [0.2, 0.25) is 0 Å². The highest BCUT2D eigenvalue weighted by Crippen LogP contribution is 2.27. The molecule has 1 fully saturated rings. The minimum Gasteiger partial charge on any atom is -0.341 e. The summed E-state index contributed by atoms with van der Waals surface area (Å²) < 4.78 is 40.9. The molecule has 1 amide bonds. The van der Waals surface area contributed by atoms with Crippen molar-refractivity contribution in [3.05, 3.63) is 53.2 Å². The van der Waals surface area contributed by atoms with E-state index in [-0.39, 0.29) is 24.8 Å². The van der Waals surface area contributed by atoms with E-state index < -0.39 is 15.9 Å². The number of carbonyl (C=O) groups excluding carboxylic acids is 1. The second kappa shape index (κ2) is 7.85. The third-order valence-corrected chi connectivity index (χ3v) is 7.80. The van der Waals surface area contributed by atoms with Gasteiger partial charge in [-0.1, -0.05) is 24.3 Å². The van der Waals surface area contributed by atoms with Crippen LogP contribution in [0.3, 0.4) is 0 Å². The maximum absolute atomic E-state index is 13.8. The Labute approximate surface area is 157 Å². The second-order valence-electron chi connectivity index (χ2n) is 6.42. The summed E-state index contributed by atoms with van der Waals surface area (Å²) in [5.41, 5.74) is 0.447. The van der Waals surface area contributed by atoms with E-state index in [9.17, 15) is 17.6 Å². The summed E-state index contributed by atoms with van der Waals surface area (Å²) in [5, 5.41) is 1.72. The van der Waals surface area contributed by atoms with Gasteiger partial charge in [0.1, 0.15) is 10.0 Å². The highest BCUT2D eigenvalue weighted by Gasteiger charge is 2.34. The van der Waals surface area contributed by atoms with Crippen LogP contribution >= 0.6 is 11.3 Å². The first-order valence-corrected chi connectivity index (χ1v) is 10.7.